The maximum Gasteiger partial charge on any atom is 0.123 e. The van der Waals surface area contributed by atoms with Crippen LogP contribution in [0.1, 0.15) is 78.5 Å². The van der Waals surface area contributed by atoms with Crippen molar-refractivity contribution in [3.63, 3.8) is 0 Å². The third-order valence-electron chi connectivity index (χ3n) is 4.20. The maximum atomic E-state index is 10.7. The third kappa shape index (κ3) is 4.47. The van der Waals surface area contributed by atoms with Gasteiger partial charge < -0.3 is 10.8 Å². The van der Waals surface area contributed by atoms with E-state index in [9.17, 15) is 5.11 Å². The van der Waals surface area contributed by atoms with Crippen molar-refractivity contribution in [3.8, 4) is 5.75 Å². The minimum atomic E-state index is -0.207. The molecule has 0 fully saturated rings. The minimum absolute atomic E-state index is 0.0860. The van der Waals surface area contributed by atoms with Crippen LogP contribution < -0.4 is 5.73 Å². The van der Waals surface area contributed by atoms with Crippen molar-refractivity contribution in [2.45, 2.75) is 84.6 Å². The van der Waals surface area contributed by atoms with Crippen molar-refractivity contribution in [2.24, 2.45) is 5.73 Å². The SMILES string of the molecule is CCC(C)(N)Cc1cc(C(C)(C)C)c(O)c(C(C)(C)C)c1. The van der Waals surface area contributed by atoms with E-state index in [4.69, 9.17) is 5.73 Å². The highest BCUT2D eigenvalue weighted by atomic mass is 16.3. The number of phenols is 1. The fourth-order valence-corrected chi connectivity index (χ4v) is 2.53. The minimum Gasteiger partial charge on any atom is -0.507 e. The van der Waals surface area contributed by atoms with Gasteiger partial charge in [0.15, 0.2) is 0 Å². The molecule has 1 unspecified atom stereocenters. The van der Waals surface area contributed by atoms with Crippen molar-refractivity contribution in [1.82, 2.24) is 0 Å². The van der Waals surface area contributed by atoms with E-state index in [-0.39, 0.29) is 16.4 Å². The molecule has 0 saturated carbocycles. The summed E-state index contributed by atoms with van der Waals surface area (Å²) in [5.74, 6) is 0.439. The van der Waals surface area contributed by atoms with Gasteiger partial charge in [0.05, 0.1) is 0 Å². The molecule has 0 aromatic heterocycles. The van der Waals surface area contributed by atoms with Gasteiger partial charge in [0, 0.05) is 5.54 Å². The lowest BCUT2D eigenvalue weighted by molar-refractivity contribution is 0.418. The zero-order valence-electron chi connectivity index (χ0n) is 15.1. The molecule has 2 heteroatoms. The molecule has 0 aliphatic rings. The van der Waals surface area contributed by atoms with E-state index < -0.39 is 0 Å². The van der Waals surface area contributed by atoms with Crippen LogP contribution in [0.15, 0.2) is 12.1 Å². The molecule has 1 atom stereocenters. The van der Waals surface area contributed by atoms with Crippen LogP contribution >= 0.6 is 0 Å². The van der Waals surface area contributed by atoms with Crippen molar-refractivity contribution < 1.29 is 5.11 Å². The molecule has 0 heterocycles. The molecule has 0 aliphatic carbocycles. The summed E-state index contributed by atoms with van der Waals surface area (Å²) in [5.41, 5.74) is 9.20. The summed E-state index contributed by atoms with van der Waals surface area (Å²) in [7, 11) is 0. The van der Waals surface area contributed by atoms with Gasteiger partial charge >= 0.3 is 0 Å². The standard InChI is InChI=1S/C19H33NO/c1-9-19(8,20)12-13-10-14(17(2,3)4)16(21)15(11-13)18(5,6)7/h10-11,21H,9,12,20H2,1-8H3. The lowest BCUT2D eigenvalue weighted by Gasteiger charge is -2.30. The molecule has 1 rings (SSSR count). The zero-order chi connectivity index (χ0) is 16.6. The van der Waals surface area contributed by atoms with E-state index in [2.05, 4.69) is 67.5 Å². The average molecular weight is 291 g/mol. The molecule has 0 aliphatic heterocycles. The highest BCUT2D eigenvalue weighted by Gasteiger charge is 2.27. The summed E-state index contributed by atoms with van der Waals surface area (Å²) < 4.78 is 0. The topological polar surface area (TPSA) is 46.2 Å². The molecular formula is C19H33NO. The van der Waals surface area contributed by atoms with Crippen molar-refractivity contribution in [2.75, 3.05) is 0 Å². The van der Waals surface area contributed by atoms with Gasteiger partial charge in [-0.3, -0.25) is 0 Å². The molecule has 0 saturated heterocycles. The summed E-state index contributed by atoms with van der Waals surface area (Å²) in [6, 6.07) is 4.26. The maximum absolute atomic E-state index is 10.7. The fraction of sp³-hybridized carbons (Fsp3) is 0.684. The number of rotatable bonds is 3. The van der Waals surface area contributed by atoms with Crippen molar-refractivity contribution in [1.29, 1.82) is 0 Å². The van der Waals surface area contributed by atoms with Gasteiger partial charge in [-0.25, -0.2) is 0 Å². The molecule has 1 aromatic carbocycles. The number of aromatic hydroxyl groups is 1. The van der Waals surface area contributed by atoms with E-state index in [0.29, 0.717) is 5.75 Å². The number of hydrogen-bond acceptors (Lipinski definition) is 2. The van der Waals surface area contributed by atoms with Gasteiger partial charge in [0.1, 0.15) is 5.75 Å². The first-order valence-electron chi connectivity index (χ1n) is 7.93. The Morgan fingerprint density at radius 1 is 0.905 bits per heavy atom. The highest BCUT2D eigenvalue weighted by Crippen LogP contribution is 2.40. The van der Waals surface area contributed by atoms with Gasteiger partial charge in [-0.1, -0.05) is 60.6 Å². The number of nitrogens with two attached hydrogens (primary N) is 1. The monoisotopic (exact) mass is 291 g/mol. The van der Waals surface area contributed by atoms with Crippen LogP contribution in [0.25, 0.3) is 0 Å². The first-order chi connectivity index (χ1) is 9.28. The van der Waals surface area contributed by atoms with E-state index >= 15 is 0 Å². The average Bonchev–Trinajstić information content (AvgIpc) is 2.28. The van der Waals surface area contributed by atoms with E-state index in [1.807, 2.05) is 0 Å². The Hall–Kier alpha value is -1.02. The summed E-state index contributed by atoms with van der Waals surface area (Å²) in [6.07, 6.45) is 1.76. The van der Waals surface area contributed by atoms with Crippen LogP contribution in [0.4, 0.5) is 0 Å². The largest absolute Gasteiger partial charge is 0.507 e. The Balaban J connectivity index is 3.48. The molecular weight excluding hydrogens is 258 g/mol. The molecule has 120 valence electrons. The van der Waals surface area contributed by atoms with Gasteiger partial charge in [0.25, 0.3) is 0 Å². The second-order valence-corrected chi connectivity index (χ2v) is 8.72. The Labute approximate surface area is 130 Å². The van der Waals surface area contributed by atoms with E-state index in [1.165, 1.54) is 5.56 Å². The normalized spacial score (nSPS) is 15.9. The highest BCUT2D eigenvalue weighted by molar-refractivity contribution is 5.50. The van der Waals surface area contributed by atoms with Gasteiger partial charge in [-0.15, -0.1) is 0 Å². The molecule has 0 amide bonds. The molecule has 21 heavy (non-hydrogen) atoms. The summed E-state index contributed by atoms with van der Waals surface area (Å²) in [5, 5.41) is 10.7. The molecule has 0 spiro atoms. The van der Waals surface area contributed by atoms with Crippen LogP contribution in [0, 0.1) is 0 Å². The van der Waals surface area contributed by atoms with Crippen LogP contribution in [-0.2, 0) is 17.3 Å². The van der Waals surface area contributed by atoms with Crippen LogP contribution in [-0.4, -0.2) is 10.6 Å². The Morgan fingerprint density at radius 3 is 1.57 bits per heavy atom. The van der Waals surface area contributed by atoms with Gasteiger partial charge in [0.2, 0.25) is 0 Å². The van der Waals surface area contributed by atoms with Crippen LogP contribution in [0.3, 0.4) is 0 Å². The summed E-state index contributed by atoms with van der Waals surface area (Å²) in [4.78, 5) is 0. The molecule has 2 nitrogen and oxygen atoms in total. The lowest BCUT2D eigenvalue weighted by atomic mass is 9.77. The predicted octanol–water partition coefficient (Wildman–Crippen LogP) is 4.66. The number of hydrogen-bond donors (Lipinski definition) is 2. The zero-order valence-corrected chi connectivity index (χ0v) is 15.1. The van der Waals surface area contributed by atoms with Crippen LogP contribution in [0.2, 0.25) is 0 Å². The third-order valence-corrected chi connectivity index (χ3v) is 4.20. The second-order valence-electron chi connectivity index (χ2n) is 8.72. The van der Waals surface area contributed by atoms with Crippen molar-refractivity contribution >= 4 is 0 Å². The van der Waals surface area contributed by atoms with Crippen LogP contribution in [0.5, 0.6) is 5.75 Å². The smallest absolute Gasteiger partial charge is 0.123 e. The summed E-state index contributed by atoms with van der Waals surface area (Å²) >= 11 is 0. The molecule has 1 aromatic rings. The van der Waals surface area contributed by atoms with E-state index in [0.717, 1.165) is 24.0 Å². The number of benzene rings is 1. The quantitative estimate of drug-likeness (QED) is 0.851. The first-order valence-corrected chi connectivity index (χ1v) is 7.93. The predicted molar refractivity (Wildman–Crippen MR) is 92.1 cm³/mol. The van der Waals surface area contributed by atoms with Crippen molar-refractivity contribution in [3.05, 3.63) is 28.8 Å². The Morgan fingerprint density at radius 2 is 1.29 bits per heavy atom. The number of phenolic OH excluding ortho intramolecular Hbond substituents is 1. The molecule has 3 N–H and O–H groups in total. The Bertz CT molecular complexity index is 466. The first kappa shape index (κ1) is 18.0. The fourth-order valence-electron chi connectivity index (χ4n) is 2.53. The molecule has 0 bridgehead atoms. The molecule has 0 radical (unpaired) electrons. The van der Waals surface area contributed by atoms with Gasteiger partial charge in [-0.2, -0.15) is 0 Å². The van der Waals surface area contributed by atoms with Gasteiger partial charge in [-0.05, 0) is 47.3 Å². The lowest BCUT2D eigenvalue weighted by Crippen LogP contribution is -2.37. The van der Waals surface area contributed by atoms with E-state index in [1.54, 1.807) is 0 Å². The second kappa shape index (κ2) is 5.64. The summed E-state index contributed by atoms with van der Waals surface area (Å²) in [6.45, 7) is 17.0. The Kier molecular flexibility index (Phi) is 4.84.